The van der Waals surface area contributed by atoms with Crippen LogP contribution in [0.25, 0.3) is 0 Å². The molecule has 1 aliphatic rings. The lowest BCUT2D eigenvalue weighted by Crippen LogP contribution is -2.26. The van der Waals surface area contributed by atoms with Gasteiger partial charge < -0.3 is 10.1 Å². The average Bonchev–Trinajstić information content (AvgIpc) is 3.10. The Morgan fingerprint density at radius 1 is 1.17 bits per heavy atom. The first-order chi connectivity index (χ1) is 11.5. The highest BCUT2D eigenvalue weighted by atomic mass is 32.2. The van der Waals surface area contributed by atoms with Gasteiger partial charge in [-0.3, -0.25) is 4.79 Å². The van der Waals surface area contributed by atoms with Crippen LogP contribution >= 0.6 is 0 Å². The van der Waals surface area contributed by atoms with Gasteiger partial charge in [0.05, 0.1) is 4.90 Å². The van der Waals surface area contributed by atoms with Gasteiger partial charge in [0.2, 0.25) is 5.95 Å². The molecule has 0 aliphatic carbocycles. The molecule has 0 spiro atoms. The number of benzene rings is 1. The molecular formula is C15H16N4O4S. The van der Waals surface area contributed by atoms with Gasteiger partial charge in [0, 0.05) is 24.7 Å². The summed E-state index contributed by atoms with van der Waals surface area (Å²) in [5.41, 5.74) is 0.505. The van der Waals surface area contributed by atoms with Crippen molar-refractivity contribution < 1.29 is 17.9 Å². The molecule has 2 aromatic rings. The smallest absolute Gasteiger partial charge is 0.264 e. The molecule has 3 rings (SSSR count). The summed E-state index contributed by atoms with van der Waals surface area (Å²) in [7, 11) is -3.79. The topological polar surface area (TPSA) is 110 Å². The SMILES string of the molecule is O=C(Nc1ccc(S(=O)(=O)Nc2ncccn2)cc1)C1CCCO1. The number of nitrogens with zero attached hydrogens (tertiary/aromatic N) is 2. The number of amides is 1. The van der Waals surface area contributed by atoms with E-state index >= 15 is 0 Å². The van der Waals surface area contributed by atoms with E-state index in [-0.39, 0.29) is 16.8 Å². The van der Waals surface area contributed by atoms with Crippen molar-refractivity contribution >= 4 is 27.6 Å². The number of anilines is 2. The second-order valence-electron chi connectivity index (χ2n) is 5.19. The van der Waals surface area contributed by atoms with Crippen LogP contribution in [0.15, 0.2) is 47.6 Å². The van der Waals surface area contributed by atoms with Crippen molar-refractivity contribution in [3.63, 3.8) is 0 Å². The third kappa shape index (κ3) is 3.87. The van der Waals surface area contributed by atoms with E-state index in [4.69, 9.17) is 4.74 Å². The highest BCUT2D eigenvalue weighted by Gasteiger charge is 2.23. The van der Waals surface area contributed by atoms with Crippen molar-refractivity contribution in [2.75, 3.05) is 16.6 Å². The highest BCUT2D eigenvalue weighted by Crippen LogP contribution is 2.18. The van der Waals surface area contributed by atoms with Crippen molar-refractivity contribution in [2.24, 2.45) is 0 Å². The van der Waals surface area contributed by atoms with Gasteiger partial charge >= 0.3 is 0 Å². The minimum Gasteiger partial charge on any atom is -0.368 e. The summed E-state index contributed by atoms with van der Waals surface area (Å²) >= 11 is 0. The van der Waals surface area contributed by atoms with Gasteiger partial charge in [0.1, 0.15) is 6.10 Å². The zero-order valence-corrected chi connectivity index (χ0v) is 13.5. The van der Waals surface area contributed by atoms with Crippen molar-refractivity contribution in [3.05, 3.63) is 42.7 Å². The summed E-state index contributed by atoms with van der Waals surface area (Å²) in [6.07, 6.45) is 4.00. The van der Waals surface area contributed by atoms with Gasteiger partial charge in [-0.2, -0.15) is 0 Å². The minimum absolute atomic E-state index is 0.00624. The summed E-state index contributed by atoms with van der Waals surface area (Å²) in [6.45, 7) is 0.586. The highest BCUT2D eigenvalue weighted by molar-refractivity contribution is 7.92. The van der Waals surface area contributed by atoms with Gasteiger partial charge in [0.25, 0.3) is 15.9 Å². The van der Waals surface area contributed by atoms with Crippen molar-refractivity contribution in [1.29, 1.82) is 0 Å². The maximum Gasteiger partial charge on any atom is 0.264 e. The fourth-order valence-electron chi connectivity index (χ4n) is 2.26. The van der Waals surface area contributed by atoms with Crippen LogP contribution in [-0.2, 0) is 19.6 Å². The lowest BCUT2D eigenvalue weighted by Gasteiger charge is -2.11. The summed E-state index contributed by atoms with van der Waals surface area (Å²) in [5, 5.41) is 2.71. The second-order valence-corrected chi connectivity index (χ2v) is 6.88. The molecule has 9 heteroatoms. The molecule has 1 aliphatic heterocycles. The predicted octanol–water partition coefficient (Wildman–Crippen LogP) is 1.39. The Kier molecular flexibility index (Phi) is 4.72. The largest absolute Gasteiger partial charge is 0.368 e. The monoisotopic (exact) mass is 348 g/mol. The van der Waals surface area contributed by atoms with Crippen molar-refractivity contribution in [3.8, 4) is 0 Å². The molecular weight excluding hydrogens is 332 g/mol. The molecule has 1 atom stereocenters. The summed E-state index contributed by atoms with van der Waals surface area (Å²) in [4.78, 5) is 19.6. The Labute approximate surface area is 139 Å². The number of nitrogens with one attached hydrogen (secondary N) is 2. The molecule has 1 saturated heterocycles. The van der Waals surface area contributed by atoms with E-state index in [9.17, 15) is 13.2 Å². The number of carbonyl (C=O) groups is 1. The van der Waals surface area contributed by atoms with Crippen molar-refractivity contribution in [2.45, 2.75) is 23.8 Å². The fourth-order valence-corrected chi connectivity index (χ4v) is 3.21. The van der Waals surface area contributed by atoms with E-state index in [0.717, 1.165) is 6.42 Å². The van der Waals surface area contributed by atoms with Gasteiger partial charge in [0.15, 0.2) is 0 Å². The molecule has 0 bridgehead atoms. The van der Waals surface area contributed by atoms with Gasteiger partial charge in [-0.15, -0.1) is 0 Å². The first-order valence-corrected chi connectivity index (χ1v) is 8.85. The number of hydrogen-bond acceptors (Lipinski definition) is 6. The molecule has 1 aromatic carbocycles. The Balaban J connectivity index is 1.68. The molecule has 1 aromatic heterocycles. The first kappa shape index (κ1) is 16.3. The van der Waals surface area contributed by atoms with E-state index < -0.39 is 16.1 Å². The molecule has 1 amide bonds. The Bertz CT molecular complexity index is 803. The van der Waals surface area contributed by atoms with Gasteiger partial charge in [-0.05, 0) is 43.2 Å². The molecule has 1 fully saturated rings. The number of sulfonamides is 1. The van der Waals surface area contributed by atoms with Crippen LogP contribution in [0, 0.1) is 0 Å². The van der Waals surface area contributed by atoms with E-state index in [1.807, 2.05) is 0 Å². The first-order valence-electron chi connectivity index (χ1n) is 7.37. The summed E-state index contributed by atoms with van der Waals surface area (Å²) in [5.74, 6) is -0.229. The summed E-state index contributed by atoms with van der Waals surface area (Å²) in [6, 6.07) is 7.43. The second kappa shape index (κ2) is 6.93. The molecule has 2 heterocycles. The van der Waals surface area contributed by atoms with Crippen LogP contribution in [0.4, 0.5) is 11.6 Å². The normalized spacial score (nSPS) is 17.4. The Hall–Kier alpha value is -2.52. The Morgan fingerprint density at radius 2 is 1.88 bits per heavy atom. The summed E-state index contributed by atoms with van der Waals surface area (Å²) < 4.78 is 32.1. The van der Waals surface area contributed by atoms with Crippen LogP contribution in [0.5, 0.6) is 0 Å². The predicted molar refractivity (Wildman–Crippen MR) is 86.9 cm³/mol. The van der Waals surface area contributed by atoms with Gasteiger partial charge in [-0.25, -0.2) is 23.1 Å². The minimum atomic E-state index is -3.79. The maximum absolute atomic E-state index is 12.2. The molecule has 0 saturated carbocycles. The lowest BCUT2D eigenvalue weighted by molar-refractivity contribution is -0.124. The zero-order chi connectivity index (χ0) is 17.0. The van der Waals surface area contributed by atoms with Crippen LogP contribution in [-0.4, -0.2) is 37.0 Å². The van der Waals surface area contributed by atoms with Crippen LogP contribution < -0.4 is 10.0 Å². The number of carbonyl (C=O) groups excluding carboxylic acids is 1. The third-order valence-corrected chi connectivity index (χ3v) is 4.79. The quantitative estimate of drug-likeness (QED) is 0.845. The molecule has 1 unspecified atom stereocenters. The standard InChI is InChI=1S/C15H16N4O4S/c20-14(13-3-1-10-23-13)18-11-4-6-12(7-5-11)24(21,22)19-15-16-8-2-9-17-15/h2,4-9,13H,1,3,10H2,(H,18,20)(H,16,17,19). The van der Waals surface area contributed by atoms with E-state index in [2.05, 4.69) is 20.0 Å². The van der Waals surface area contributed by atoms with E-state index in [1.54, 1.807) is 6.07 Å². The average molecular weight is 348 g/mol. The maximum atomic E-state index is 12.2. The number of aromatic nitrogens is 2. The molecule has 0 radical (unpaired) electrons. The molecule has 2 N–H and O–H groups in total. The molecule has 24 heavy (non-hydrogen) atoms. The lowest BCUT2D eigenvalue weighted by atomic mass is 10.2. The van der Waals surface area contributed by atoms with Gasteiger partial charge in [-0.1, -0.05) is 0 Å². The number of ether oxygens (including phenoxy) is 1. The fraction of sp³-hybridized carbons (Fsp3) is 0.267. The van der Waals surface area contributed by atoms with E-state index in [0.29, 0.717) is 18.7 Å². The zero-order valence-electron chi connectivity index (χ0n) is 12.7. The third-order valence-electron chi connectivity index (χ3n) is 3.45. The van der Waals surface area contributed by atoms with Crippen LogP contribution in [0.1, 0.15) is 12.8 Å². The Morgan fingerprint density at radius 3 is 2.50 bits per heavy atom. The number of hydrogen-bond donors (Lipinski definition) is 2. The van der Waals surface area contributed by atoms with Crippen LogP contribution in [0.3, 0.4) is 0 Å². The van der Waals surface area contributed by atoms with E-state index in [1.165, 1.54) is 36.7 Å². The number of rotatable bonds is 5. The molecule has 126 valence electrons. The van der Waals surface area contributed by atoms with Crippen LogP contribution in [0.2, 0.25) is 0 Å². The molecule has 8 nitrogen and oxygen atoms in total. The van der Waals surface area contributed by atoms with Crippen molar-refractivity contribution in [1.82, 2.24) is 9.97 Å².